The maximum atomic E-state index is 13.6. The van der Waals surface area contributed by atoms with E-state index in [9.17, 15) is 14.7 Å². The topological polar surface area (TPSA) is 69.6 Å². The van der Waals surface area contributed by atoms with Crippen molar-refractivity contribution in [3.63, 3.8) is 0 Å². The third-order valence-electron chi connectivity index (χ3n) is 5.73. The molecule has 2 aliphatic rings. The van der Waals surface area contributed by atoms with E-state index in [-0.39, 0.29) is 28.2 Å². The highest BCUT2D eigenvalue weighted by molar-refractivity contribution is 7.15. The highest BCUT2D eigenvalue weighted by atomic mass is 32.1. The van der Waals surface area contributed by atoms with Gasteiger partial charge in [-0.15, -0.1) is 11.3 Å². The van der Waals surface area contributed by atoms with Crippen LogP contribution >= 0.6 is 11.3 Å². The summed E-state index contributed by atoms with van der Waals surface area (Å²) in [5, 5.41) is 13.2. The number of carboxylic acids is 1. The molecule has 3 rings (SSSR count). The second kappa shape index (κ2) is 8.89. The smallest absolute Gasteiger partial charge is 0.348 e. The number of rotatable bonds is 4. The summed E-state index contributed by atoms with van der Waals surface area (Å²) >= 11 is 1.17. The van der Waals surface area contributed by atoms with E-state index in [1.807, 2.05) is 26.8 Å². The van der Waals surface area contributed by atoms with Gasteiger partial charge < -0.3 is 15.3 Å². The lowest BCUT2D eigenvalue weighted by Crippen LogP contribution is -2.46. The molecule has 0 radical (unpaired) electrons. The Bertz CT molecular complexity index is 813. The fourth-order valence-corrected chi connectivity index (χ4v) is 4.92. The van der Waals surface area contributed by atoms with Gasteiger partial charge in [-0.1, -0.05) is 18.8 Å². The fourth-order valence-electron chi connectivity index (χ4n) is 4.08. The monoisotopic (exact) mass is 416 g/mol. The van der Waals surface area contributed by atoms with Gasteiger partial charge in [-0.3, -0.25) is 4.79 Å². The highest BCUT2D eigenvalue weighted by Crippen LogP contribution is 2.37. The van der Waals surface area contributed by atoms with E-state index in [1.165, 1.54) is 11.3 Å². The third-order valence-corrected chi connectivity index (χ3v) is 6.76. The number of nitrogens with one attached hydrogen (secondary N) is 1. The molecule has 1 aliphatic carbocycles. The van der Waals surface area contributed by atoms with Gasteiger partial charge in [0.2, 0.25) is 5.91 Å². The van der Waals surface area contributed by atoms with Crippen molar-refractivity contribution in [3.8, 4) is 11.8 Å². The number of aromatic carboxylic acids is 1. The molecule has 0 aromatic carbocycles. The first kappa shape index (κ1) is 21.9. The van der Waals surface area contributed by atoms with Crippen LogP contribution in [-0.2, 0) is 4.79 Å². The lowest BCUT2D eigenvalue weighted by atomic mass is 9.82. The molecule has 1 aromatic heterocycles. The number of carboxylic acid groups (broad SMARTS) is 1. The minimum absolute atomic E-state index is 0.00187. The van der Waals surface area contributed by atoms with Crippen LogP contribution in [0.1, 0.15) is 74.3 Å². The van der Waals surface area contributed by atoms with E-state index in [0.29, 0.717) is 23.0 Å². The Hall–Kier alpha value is -1.84. The van der Waals surface area contributed by atoms with Crippen molar-refractivity contribution < 1.29 is 14.7 Å². The highest BCUT2D eigenvalue weighted by Gasteiger charge is 2.36. The Morgan fingerprint density at radius 2 is 1.90 bits per heavy atom. The van der Waals surface area contributed by atoms with E-state index in [2.05, 4.69) is 24.1 Å². The zero-order valence-corrected chi connectivity index (χ0v) is 18.7. The SMILES string of the molecule is CC(C)(C)C#Cc1cc(N(C(=O)[C@H]2CC[C@H](C)CC2)[C@H]2CCNC2)c(C(=O)O)s1. The molecule has 1 saturated heterocycles. The van der Waals surface area contributed by atoms with Gasteiger partial charge in [0.15, 0.2) is 0 Å². The summed E-state index contributed by atoms with van der Waals surface area (Å²) in [5.41, 5.74) is 0.357. The number of carbonyl (C=O) groups excluding carboxylic acids is 1. The Morgan fingerprint density at radius 1 is 1.21 bits per heavy atom. The van der Waals surface area contributed by atoms with Gasteiger partial charge in [-0.25, -0.2) is 4.79 Å². The van der Waals surface area contributed by atoms with Crippen LogP contribution in [0.3, 0.4) is 0 Å². The summed E-state index contributed by atoms with van der Waals surface area (Å²) in [6.45, 7) is 9.86. The molecule has 1 aliphatic heterocycles. The van der Waals surface area contributed by atoms with E-state index in [1.54, 1.807) is 4.90 Å². The minimum atomic E-state index is -0.991. The van der Waals surface area contributed by atoms with Crippen LogP contribution < -0.4 is 10.2 Å². The molecule has 0 unspecified atom stereocenters. The van der Waals surface area contributed by atoms with Crippen molar-refractivity contribution in [1.29, 1.82) is 0 Å². The number of thiophene rings is 1. The normalized spacial score (nSPS) is 24.6. The molecule has 1 amide bonds. The lowest BCUT2D eigenvalue weighted by molar-refractivity contribution is -0.124. The molecule has 1 saturated carbocycles. The van der Waals surface area contributed by atoms with Crippen LogP contribution in [0.4, 0.5) is 5.69 Å². The van der Waals surface area contributed by atoms with Crippen molar-refractivity contribution in [2.75, 3.05) is 18.0 Å². The van der Waals surface area contributed by atoms with E-state index in [4.69, 9.17) is 0 Å². The number of anilines is 1. The van der Waals surface area contributed by atoms with Gasteiger partial charge in [0.1, 0.15) is 4.88 Å². The Morgan fingerprint density at radius 3 is 2.45 bits per heavy atom. The number of hydrogen-bond donors (Lipinski definition) is 2. The van der Waals surface area contributed by atoms with Crippen LogP contribution in [0.5, 0.6) is 0 Å². The van der Waals surface area contributed by atoms with Crippen molar-refractivity contribution in [1.82, 2.24) is 5.32 Å². The van der Waals surface area contributed by atoms with Gasteiger partial charge in [-0.2, -0.15) is 0 Å². The molecule has 1 aromatic rings. The predicted octanol–water partition coefficient (Wildman–Crippen LogP) is 4.37. The minimum Gasteiger partial charge on any atom is -0.477 e. The Balaban J connectivity index is 1.98. The maximum absolute atomic E-state index is 13.6. The van der Waals surface area contributed by atoms with Crippen molar-refractivity contribution >= 4 is 28.9 Å². The lowest BCUT2D eigenvalue weighted by Gasteiger charge is -2.34. The fraction of sp³-hybridized carbons (Fsp3) is 0.652. The summed E-state index contributed by atoms with van der Waals surface area (Å²) in [6.07, 6.45) is 4.74. The molecular formula is C23H32N2O3S. The van der Waals surface area contributed by atoms with Gasteiger partial charge >= 0.3 is 5.97 Å². The number of nitrogens with zero attached hydrogens (tertiary/aromatic N) is 1. The summed E-state index contributed by atoms with van der Waals surface area (Å²) in [6, 6.07) is 1.81. The summed E-state index contributed by atoms with van der Waals surface area (Å²) < 4.78 is 0. The van der Waals surface area contributed by atoms with Crippen molar-refractivity contribution in [2.45, 2.75) is 65.8 Å². The summed E-state index contributed by atoms with van der Waals surface area (Å²) in [4.78, 5) is 28.3. The Labute approximate surface area is 177 Å². The average Bonchev–Trinajstić information content (AvgIpc) is 3.31. The molecule has 6 heteroatoms. The average molecular weight is 417 g/mol. The van der Waals surface area contributed by atoms with Crippen LogP contribution in [0.25, 0.3) is 0 Å². The first-order valence-corrected chi connectivity index (χ1v) is 11.4. The number of carbonyl (C=O) groups is 2. The maximum Gasteiger partial charge on any atom is 0.348 e. The second-order valence-corrected chi connectivity index (χ2v) is 10.5. The number of amides is 1. The predicted molar refractivity (Wildman–Crippen MR) is 117 cm³/mol. The third kappa shape index (κ3) is 5.40. The number of hydrogen-bond acceptors (Lipinski definition) is 4. The molecule has 158 valence electrons. The van der Waals surface area contributed by atoms with E-state index in [0.717, 1.165) is 38.6 Å². The van der Waals surface area contributed by atoms with Gasteiger partial charge in [0, 0.05) is 17.9 Å². The molecule has 2 heterocycles. The Kier molecular flexibility index (Phi) is 6.70. The van der Waals surface area contributed by atoms with Gasteiger partial charge in [0.25, 0.3) is 0 Å². The summed E-state index contributed by atoms with van der Waals surface area (Å²) in [7, 11) is 0. The molecule has 0 bridgehead atoms. The first-order chi connectivity index (χ1) is 13.7. The van der Waals surface area contributed by atoms with Gasteiger partial charge in [0.05, 0.1) is 16.6 Å². The molecule has 29 heavy (non-hydrogen) atoms. The standard InChI is InChI=1S/C23H32N2O3S/c1-15-5-7-16(8-6-15)21(26)25(17-10-12-24-14-17)19-13-18(9-11-23(2,3)4)29-20(19)22(27)28/h13,15-17,24H,5-8,10,12,14H2,1-4H3,(H,27,28)/t15-,16-,17-/m0/s1. The molecule has 5 nitrogen and oxygen atoms in total. The zero-order valence-electron chi connectivity index (χ0n) is 17.9. The van der Waals surface area contributed by atoms with Crippen molar-refractivity contribution in [3.05, 3.63) is 15.8 Å². The van der Waals surface area contributed by atoms with Crippen LogP contribution in [-0.4, -0.2) is 36.1 Å². The van der Waals surface area contributed by atoms with Gasteiger partial charge in [-0.05, 0) is 71.4 Å². The largest absolute Gasteiger partial charge is 0.477 e. The quantitative estimate of drug-likeness (QED) is 0.716. The molecule has 0 spiro atoms. The van der Waals surface area contributed by atoms with Crippen LogP contribution in [0.2, 0.25) is 0 Å². The van der Waals surface area contributed by atoms with Crippen molar-refractivity contribution in [2.24, 2.45) is 17.3 Å². The zero-order chi connectivity index (χ0) is 21.2. The first-order valence-electron chi connectivity index (χ1n) is 10.6. The molecule has 1 atom stereocenters. The molecular weight excluding hydrogens is 384 g/mol. The van der Waals surface area contributed by atoms with Crippen LogP contribution in [0.15, 0.2) is 6.07 Å². The van der Waals surface area contributed by atoms with Crippen LogP contribution in [0, 0.1) is 29.1 Å². The summed E-state index contributed by atoms with van der Waals surface area (Å²) in [5.74, 6) is 6.04. The molecule has 2 N–H and O–H groups in total. The van der Waals surface area contributed by atoms with E-state index < -0.39 is 5.97 Å². The van der Waals surface area contributed by atoms with E-state index >= 15 is 0 Å². The second-order valence-electron chi connectivity index (χ2n) is 9.44. The molecule has 2 fully saturated rings.